The molecule has 0 unspecified atom stereocenters. The van der Waals surface area contributed by atoms with Gasteiger partial charge in [0.1, 0.15) is 6.54 Å². The van der Waals surface area contributed by atoms with Crippen molar-refractivity contribution in [3.05, 3.63) is 91.9 Å². The summed E-state index contributed by atoms with van der Waals surface area (Å²) in [5.74, 6) is 0.253. The zero-order chi connectivity index (χ0) is 20.3. The third kappa shape index (κ3) is 3.65. The van der Waals surface area contributed by atoms with Gasteiger partial charge in [0.2, 0.25) is 11.8 Å². The molecule has 0 N–H and O–H groups in total. The molecule has 0 amide bonds. The highest BCUT2D eigenvalue weighted by Crippen LogP contribution is 2.20. The van der Waals surface area contributed by atoms with Crippen LogP contribution in [0.25, 0.3) is 11.5 Å². The van der Waals surface area contributed by atoms with E-state index in [0.29, 0.717) is 10.6 Å². The van der Waals surface area contributed by atoms with E-state index < -0.39 is 17.1 Å². The third-order valence-corrected chi connectivity index (χ3v) is 4.11. The Kier molecular flexibility index (Phi) is 5.55. The molecule has 0 spiro atoms. The van der Waals surface area contributed by atoms with Gasteiger partial charge >= 0.3 is 17.1 Å². The summed E-state index contributed by atoms with van der Waals surface area (Å²) in [6.45, 7) is 6.68. The van der Waals surface area contributed by atoms with Crippen molar-refractivity contribution in [3.63, 3.8) is 0 Å². The van der Waals surface area contributed by atoms with E-state index in [-0.39, 0.29) is 31.4 Å². The molecule has 0 radical (unpaired) electrons. The number of hydrogen-bond acceptors (Lipinski definition) is 6. The van der Waals surface area contributed by atoms with Gasteiger partial charge in [0.05, 0.1) is 13.1 Å². The van der Waals surface area contributed by atoms with Gasteiger partial charge in [-0.15, -0.1) is 23.4 Å². The van der Waals surface area contributed by atoms with Crippen molar-refractivity contribution in [1.82, 2.24) is 23.9 Å². The van der Waals surface area contributed by atoms with E-state index >= 15 is 0 Å². The van der Waals surface area contributed by atoms with E-state index in [0.717, 1.165) is 13.7 Å². The molecule has 144 valence electrons. The van der Waals surface area contributed by atoms with Crippen LogP contribution in [0.1, 0.15) is 5.89 Å². The Labute approximate surface area is 163 Å². The van der Waals surface area contributed by atoms with E-state index in [4.69, 9.17) is 16.0 Å². The highest BCUT2D eigenvalue weighted by atomic mass is 35.5. The second-order valence-corrected chi connectivity index (χ2v) is 6.18. The first-order valence-corrected chi connectivity index (χ1v) is 8.58. The molecule has 2 aromatic heterocycles. The van der Waals surface area contributed by atoms with Gasteiger partial charge in [-0.1, -0.05) is 23.8 Å². The van der Waals surface area contributed by atoms with Crippen LogP contribution in [-0.4, -0.2) is 23.9 Å². The molecule has 0 aliphatic carbocycles. The van der Waals surface area contributed by atoms with Gasteiger partial charge in [-0.25, -0.2) is 28.1 Å². The molecule has 0 bridgehead atoms. The monoisotopic (exact) mass is 401 g/mol. The quantitative estimate of drug-likeness (QED) is 0.552. The minimum absolute atomic E-state index is 0.0399. The Bertz CT molecular complexity index is 1150. The fourth-order valence-electron chi connectivity index (χ4n) is 2.55. The van der Waals surface area contributed by atoms with E-state index in [1.807, 2.05) is 0 Å². The molecule has 10 heteroatoms. The van der Waals surface area contributed by atoms with E-state index in [9.17, 15) is 14.4 Å². The average molecular weight is 402 g/mol. The maximum Gasteiger partial charge on any atom is 0.337 e. The topological polar surface area (TPSA) is 105 Å². The van der Waals surface area contributed by atoms with Crippen LogP contribution in [0.3, 0.4) is 0 Å². The summed E-state index contributed by atoms with van der Waals surface area (Å²) in [4.78, 5) is 37.6. The van der Waals surface area contributed by atoms with Gasteiger partial charge in [0.25, 0.3) is 0 Å². The Hall–Kier alpha value is -3.46. The van der Waals surface area contributed by atoms with Crippen molar-refractivity contribution in [2.24, 2.45) is 0 Å². The first-order valence-electron chi connectivity index (χ1n) is 8.21. The lowest BCUT2D eigenvalue weighted by Gasteiger charge is -2.10. The highest BCUT2D eigenvalue weighted by Gasteiger charge is 2.17. The number of hydrogen-bond donors (Lipinski definition) is 0. The number of allylic oxidation sites excluding steroid dienone is 2. The van der Waals surface area contributed by atoms with Gasteiger partial charge in [-0.3, -0.25) is 0 Å². The predicted octanol–water partition coefficient (Wildman–Crippen LogP) is 1.30. The molecule has 0 aliphatic rings. The summed E-state index contributed by atoms with van der Waals surface area (Å²) in [5, 5.41) is 8.36. The van der Waals surface area contributed by atoms with E-state index in [1.54, 1.807) is 24.3 Å². The molecule has 0 aliphatic heterocycles. The Morgan fingerprint density at radius 2 is 1.43 bits per heavy atom. The van der Waals surface area contributed by atoms with Crippen LogP contribution in [0.2, 0.25) is 5.02 Å². The Morgan fingerprint density at radius 1 is 0.893 bits per heavy atom. The smallest absolute Gasteiger partial charge is 0.337 e. The molecular weight excluding hydrogens is 386 g/mol. The zero-order valence-electron chi connectivity index (χ0n) is 14.7. The molecule has 28 heavy (non-hydrogen) atoms. The lowest BCUT2D eigenvalue weighted by molar-refractivity contribution is 0.441. The first-order chi connectivity index (χ1) is 13.5. The van der Waals surface area contributed by atoms with Crippen LogP contribution < -0.4 is 17.1 Å². The van der Waals surface area contributed by atoms with Crippen LogP contribution in [-0.2, 0) is 19.6 Å². The Balaban J connectivity index is 2.05. The van der Waals surface area contributed by atoms with Crippen molar-refractivity contribution in [1.29, 1.82) is 0 Å². The van der Waals surface area contributed by atoms with Crippen molar-refractivity contribution in [3.8, 4) is 11.5 Å². The van der Waals surface area contributed by atoms with E-state index in [2.05, 4.69) is 23.4 Å². The van der Waals surface area contributed by atoms with Crippen LogP contribution in [0, 0.1) is 0 Å². The number of rotatable bonds is 7. The van der Waals surface area contributed by atoms with Gasteiger partial charge in [0, 0.05) is 10.6 Å². The lowest BCUT2D eigenvalue weighted by atomic mass is 10.2. The lowest BCUT2D eigenvalue weighted by Crippen LogP contribution is -2.54. The van der Waals surface area contributed by atoms with Crippen molar-refractivity contribution in [2.75, 3.05) is 0 Å². The van der Waals surface area contributed by atoms with E-state index in [1.165, 1.54) is 12.2 Å². The molecule has 3 aromatic rings. The maximum absolute atomic E-state index is 12.6. The fraction of sp³-hybridized carbons (Fsp3) is 0.167. The average Bonchev–Trinajstić information content (AvgIpc) is 3.15. The second kappa shape index (κ2) is 8.05. The van der Waals surface area contributed by atoms with Gasteiger partial charge < -0.3 is 4.42 Å². The van der Waals surface area contributed by atoms with Crippen molar-refractivity contribution < 1.29 is 4.42 Å². The van der Waals surface area contributed by atoms with Gasteiger partial charge in [0.15, 0.2) is 0 Å². The number of aromatic nitrogens is 5. The van der Waals surface area contributed by atoms with Crippen LogP contribution in [0.15, 0.2) is 68.4 Å². The fourth-order valence-corrected chi connectivity index (χ4v) is 2.68. The normalized spacial score (nSPS) is 10.8. The number of nitrogens with zero attached hydrogens (tertiary/aromatic N) is 5. The number of halogens is 1. The minimum atomic E-state index is -0.790. The first kappa shape index (κ1) is 19.3. The Morgan fingerprint density at radius 3 is 1.96 bits per heavy atom. The molecule has 0 saturated carbocycles. The molecule has 3 rings (SSSR count). The van der Waals surface area contributed by atoms with Gasteiger partial charge in [-0.2, -0.15) is 0 Å². The highest BCUT2D eigenvalue weighted by molar-refractivity contribution is 6.30. The molecule has 2 heterocycles. The number of benzene rings is 1. The van der Waals surface area contributed by atoms with Crippen LogP contribution >= 0.6 is 11.6 Å². The predicted molar refractivity (Wildman–Crippen MR) is 103 cm³/mol. The minimum Gasteiger partial charge on any atom is -0.419 e. The molecule has 1 aromatic carbocycles. The molecule has 0 atom stereocenters. The van der Waals surface area contributed by atoms with Crippen molar-refractivity contribution >= 4 is 11.6 Å². The molecule has 0 saturated heterocycles. The largest absolute Gasteiger partial charge is 0.419 e. The molecular formula is C18H16ClN5O4. The molecule has 0 fully saturated rings. The third-order valence-electron chi connectivity index (χ3n) is 3.86. The summed E-state index contributed by atoms with van der Waals surface area (Å²) in [6, 6.07) is 6.75. The summed E-state index contributed by atoms with van der Waals surface area (Å²) in [7, 11) is 0. The summed E-state index contributed by atoms with van der Waals surface area (Å²) in [5.41, 5.74) is -1.68. The SMILES string of the molecule is C=CCn1c(=O)n(CC=C)c(=O)n(Cc2nnc(-c3ccc(Cl)cc3)o2)c1=O. The van der Waals surface area contributed by atoms with Crippen molar-refractivity contribution in [2.45, 2.75) is 19.6 Å². The summed E-state index contributed by atoms with van der Waals surface area (Å²) >= 11 is 5.86. The van der Waals surface area contributed by atoms with Crippen LogP contribution in [0.4, 0.5) is 0 Å². The summed E-state index contributed by atoms with van der Waals surface area (Å²) < 4.78 is 8.20. The standard InChI is InChI=1S/C18H16ClN5O4/c1-3-9-22-16(25)23(10-4-2)18(27)24(17(22)26)11-14-20-21-15(28-14)12-5-7-13(19)8-6-12/h3-8H,1-2,9-11H2. The second-order valence-electron chi connectivity index (χ2n) is 5.74. The summed E-state index contributed by atoms with van der Waals surface area (Å²) in [6.07, 6.45) is 2.78. The maximum atomic E-state index is 12.6. The van der Waals surface area contributed by atoms with Gasteiger partial charge in [-0.05, 0) is 24.3 Å². The zero-order valence-corrected chi connectivity index (χ0v) is 15.5. The molecule has 9 nitrogen and oxygen atoms in total. The van der Waals surface area contributed by atoms with Crippen LogP contribution in [0.5, 0.6) is 0 Å².